The molecule has 3 heterocycles. The summed E-state index contributed by atoms with van der Waals surface area (Å²) in [5.41, 5.74) is 2.27. The van der Waals surface area contributed by atoms with Crippen molar-refractivity contribution in [2.45, 2.75) is 32.4 Å². The number of hydrogen-bond donors (Lipinski definition) is 1. The van der Waals surface area contributed by atoms with Crippen molar-refractivity contribution in [2.75, 3.05) is 19.6 Å². The number of nitrogens with one attached hydrogen (secondary N) is 1. The maximum absolute atomic E-state index is 12.6. The van der Waals surface area contributed by atoms with E-state index in [2.05, 4.69) is 20.5 Å². The summed E-state index contributed by atoms with van der Waals surface area (Å²) >= 11 is 0. The van der Waals surface area contributed by atoms with Gasteiger partial charge in [-0.1, -0.05) is 5.21 Å². The van der Waals surface area contributed by atoms with Gasteiger partial charge in [-0.15, -0.1) is 5.10 Å². The highest BCUT2D eigenvalue weighted by atomic mass is 16.3. The molecule has 1 amide bonds. The Hall–Kier alpha value is -2.67. The Morgan fingerprint density at radius 1 is 1.31 bits per heavy atom. The molecule has 1 N–H and O–H groups in total. The van der Waals surface area contributed by atoms with E-state index in [-0.39, 0.29) is 11.9 Å². The van der Waals surface area contributed by atoms with Crippen molar-refractivity contribution in [1.29, 1.82) is 0 Å². The average molecular weight is 353 g/mol. The van der Waals surface area contributed by atoms with Crippen LogP contribution in [-0.2, 0) is 6.54 Å². The van der Waals surface area contributed by atoms with Crippen LogP contribution in [-0.4, -0.2) is 45.4 Å². The van der Waals surface area contributed by atoms with Gasteiger partial charge in [0.2, 0.25) is 0 Å². The number of carbonyl (C=O) groups excluding carboxylic acids is 1. The van der Waals surface area contributed by atoms with E-state index >= 15 is 0 Å². The number of furan rings is 1. The molecule has 7 heteroatoms. The van der Waals surface area contributed by atoms with Gasteiger partial charge in [0, 0.05) is 18.7 Å². The van der Waals surface area contributed by atoms with Crippen LogP contribution in [0.2, 0.25) is 0 Å². The number of benzene rings is 1. The van der Waals surface area contributed by atoms with Crippen LogP contribution in [0.15, 0.2) is 41.0 Å². The summed E-state index contributed by atoms with van der Waals surface area (Å²) in [6.07, 6.45) is 4.06. The molecule has 0 saturated carbocycles. The van der Waals surface area contributed by atoms with Gasteiger partial charge in [0.1, 0.15) is 11.3 Å². The average Bonchev–Trinajstić information content (AvgIpc) is 3.42. The molecule has 0 aliphatic carbocycles. The minimum absolute atomic E-state index is 0.0705. The molecule has 1 unspecified atom stereocenters. The second-order valence-corrected chi connectivity index (χ2v) is 6.59. The number of hydrogen-bond acceptors (Lipinski definition) is 5. The maximum atomic E-state index is 12.6. The smallest absolute Gasteiger partial charge is 0.251 e. The molecular formula is C19H23N5O2. The maximum Gasteiger partial charge on any atom is 0.251 e. The van der Waals surface area contributed by atoms with E-state index in [4.69, 9.17) is 4.42 Å². The summed E-state index contributed by atoms with van der Waals surface area (Å²) < 4.78 is 7.42. The monoisotopic (exact) mass is 353 g/mol. The minimum atomic E-state index is -0.103. The van der Waals surface area contributed by atoms with E-state index in [1.165, 1.54) is 12.8 Å². The zero-order valence-corrected chi connectivity index (χ0v) is 14.9. The summed E-state index contributed by atoms with van der Waals surface area (Å²) in [4.78, 5) is 15.0. The van der Waals surface area contributed by atoms with Crippen molar-refractivity contribution in [3.8, 4) is 0 Å². The van der Waals surface area contributed by atoms with E-state index in [1.54, 1.807) is 12.3 Å². The first-order chi connectivity index (χ1) is 12.8. The molecule has 1 aromatic carbocycles. The Morgan fingerprint density at radius 3 is 2.88 bits per heavy atom. The molecule has 3 aromatic rings. The number of fused-ring (bicyclic) bond motifs is 1. The van der Waals surface area contributed by atoms with Crippen LogP contribution in [0.3, 0.4) is 0 Å². The lowest BCUT2D eigenvalue weighted by molar-refractivity contribution is 0.0934. The molecule has 1 saturated heterocycles. The van der Waals surface area contributed by atoms with Crippen molar-refractivity contribution in [3.05, 3.63) is 47.9 Å². The Kier molecular flexibility index (Phi) is 4.71. The summed E-state index contributed by atoms with van der Waals surface area (Å²) in [6, 6.07) is 9.46. The van der Waals surface area contributed by atoms with E-state index in [1.807, 2.05) is 35.9 Å². The summed E-state index contributed by atoms with van der Waals surface area (Å²) in [7, 11) is 0. The van der Waals surface area contributed by atoms with Crippen LogP contribution in [0.25, 0.3) is 11.0 Å². The van der Waals surface area contributed by atoms with Crippen molar-refractivity contribution in [2.24, 2.45) is 0 Å². The Morgan fingerprint density at radius 2 is 2.15 bits per heavy atom. The standard InChI is InChI=1S/C19H23N5O2/c1-2-24-16-8-7-14(12-15(16)21-22-24)19(25)20-13-17(18-6-5-11-26-18)23-9-3-4-10-23/h5-8,11-12,17H,2-4,9-10,13H2,1H3,(H,20,25). The van der Waals surface area contributed by atoms with Crippen LogP contribution in [0.1, 0.15) is 41.9 Å². The van der Waals surface area contributed by atoms with Crippen molar-refractivity contribution in [3.63, 3.8) is 0 Å². The first-order valence-corrected chi connectivity index (χ1v) is 9.15. The zero-order valence-electron chi connectivity index (χ0n) is 14.9. The van der Waals surface area contributed by atoms with Gasteiger partial charge in [0.25, 0.3) is 5.91 Å². The highest BCUT2D eigenvalue weighted by molar-refractivity contribution is 5.97. The fourth-order valence-electron chi connectivity index (χ4n) is 3.58. The van der Waals surface area contributed by atoms with Crippen LogP contribution in [0, 0.1) is 0 Å². The second kappa shape index (κ2) is 7.29. The number of nitrogens with zero attached hydrogens (tertiary/aromatic N) is 4. The molecule has 1 aliphatic heterocycles. The molecule has 2 aromatic heterocycles. The van der Waals surface area contributed by atoms with Gasteiger partial charge in [-0.2, -0.15) is 0 Å². The molecule has 1 fully saturated rings. The van der Waals surface area contributed by atoms with Gasteiger partial charge < -0.3 is 9.73 Å². The number of rotatable bonds is 6. The quantitative estimate of drug-likeness (QED) is 0.737. The first kappa shape index (κ1) is 16.8. The van der Waals surface area contributed by atoms with Crippen molar-refractivity contribution >= 4 is 16.9 Å². The Labute approximate surface area is 152 Å². The van der Waals surface area contributed by atoms with E-state index < -0.39 is 0 Å². The summed E-state index contributed by atoms with van der Waals surface area (Å²) in [5, 5.41) is 11.3. The summed E-state index contributed by atoms with van der Waals surface area (Å²) in [6.45, 7) is 5.36. The highest BCUT2D eigenvalue weighted by Gasteiger charge is 2.26. The second-order valence-electron chi connectivity index (χ2n) is 6.59. The third-order valence-electron chi connectivity index (χ3n) is 4.98. The van der Waals surface area contributed by atoms with Crippen molar-refractivity contribution in [1.82, 2.24) is 25.2 Å². The molecule has 7 nitrogen and oxygen atoms in total. The largest absolute Gasteiger partial charge is 0.468 e. The van der Waals surface area contributed by atoms with Gasteiger partial charge in [-0.05, 0) is 63.2 Å². The molecule has 136 valence electrons. The minimum Gasteiger partial charge on any atom is -0.468 e. The topological polar surface area (TPSA) is 76.2 Å². The third-order valence-corrected chi connectivity index (χ3v) is 4.98. The van der Waals surface area contributed by atoms with Gasteiger partial charge in [0.15, 0.2) is 0 Å². The number of carbonyl (C=O) groups is 1. The lowest BCUT2D eigenvalue weighted by Gasteiger charge is -2.26. The van der Waals surface area contributed by atoms with Crippen LogP contribution in [0.4, 0.5) is 0 Å². The lowest BCUT2D eigenvalue weighted by atomic mass is 10.1. The number of aryl methyl sites for hydroxylation is 1. The molecular weight excluding hydrogens is 330 g/mol. The highest BCUT2D eigenvalue weighted by Crippen LogP contribution is 2.25. The van der Waals surface area contributed by atoms with Gasteiger partial charge in [-0.3, -0.25) is 9.69 Å². The fraction of sp³-hybridized carbons (Fsp3) is 0.421. The van der Waals surface area contributed by atoms with Crippen molar-refractivity contribution < 1.29 is 9.21 Å². The molecule has 0 bridgehead atoms. The fourth-order valence-corrected chi connectivity index (χ4v) is 3.58. The predicted octanol–water partition coefficient (Wildman–Crippen LogP) is 2.61. The summed E-state index contributed by atoms with van der Waals surface area (Å²) in [5.74, 6) is 0.794. The van der Waals surface area contributed by atoms with Crippen LogP contribution < -0.4 is 5.32 Å². The number of aromatic nitrogens is 3. The normalized spacial score (nSPS) is 16.2. The molecule has 0 radical (unpaired) electrons. The van der Waals surface area contributed by atoms with Gasteiger partial charge in [-0.25, -0.2) is 4.68 Å². The Balaban J connectivity index is 1.48. The van der Waals surface area contributed by atoms with E-state index in [0.29, 0.717) is 12.1 Å². The predicted molar refractivity (Wildman–Crippen MR) is 97.8 cm³/mol. The molecule has 0 spiro atoms. The number of likely N-dealkylation sites (tertiary alicyclic amines) is 1. The van der Waals surface area contributed by atoms with Gasteiger partial charge >= 0.3 is 0 Å². The Bertz CT molecular complexity index is 881. The molecule has 4 rings (SSSR count). The van der Waals surface area contributed by atoms with Gasteiger partial charge in [0.05, 0.1) is 17.8 Å². The molecule has 1 aliphatic rings. The third kappa shape index (κ3) is 3.22. The SMILES string of the molecule is CCn1nnc2cc(C(=O)NCC(c3ccco3)N3CCCC3)ccc21. The first-order valence-electron chi connectivity index (χ1n) is 9.15. The van der Waals surface area contributed by atoms with Crippen LogP contribution in [0.5, 0.6) is 0 Å². The number of amides is 1. The molecule has 1 atom stereocenters. The van der Waals surface area contributed by atoms with E-state index in [9.17, 15) is 4.79 Å². The lowest BCUT2D eigenvalue weighted by Crippen LogP contribution is -2.36. The van der Waals surface area contributed by atoms with Crippen LogP contribution >= 0.6 is 0 Å². The van der Waals surface area contributed by atoms with E-state index in [0.717, 1.165) is 36.4 Å². The molecule has 26 heavy (non-hydrogen) atoms. The zero-order chi connectivity index (χ0) is 17.9.